The summed E-state index contributed by atoms with van der Waals surface area (Å²) in [5, 5.41) is 15.7. The van der Waals surface area contributed by atoms with Crippen molar-refractivity contribution in [2.24, 2.45) is 5.92 Å². The normalized spacial score (nSPS) is 20.6. The van der Waals surface area contributed by atoms with E-state index in [2.05, 4.69) is 15.4 Å². The van der Waals surface area contributed by atoms with Crippen molar-refractivity contribution in [1.29, 1.82) is 0 Å². The van der Waals surface area contributed by atoms with Crippen LogP contribution in [0, 0.1) is 5.92 Å². The number of carbonyl (C=O) groups excluding carboxylic acids is 1. The summed E-state index contributed by atoms with van der Waals surface area (Å²) in [5.41, 5.74) is 1.04. The number of nitrogens with one attached hydrogen (secondary N) is 1. The van der Waals surface area contributed by atoms with Crippen LogP contribution in [0.2, 0.25) is 0 Å². The molecular weight excluding hydrogens is 272 g/mol. The molecule has 1 aliphatic carbocycles. The molecule has 7 nitrogen and oxygen atoms in total. The smallest absolute Gasteiger partial charge is 0.306 e. The molecule has 0 unspecified atom stereocenters. The second-order valence-corrected chi connectivity index (χ2v) is 5.03. The Morgan fingerprint density at radius 2 is 2.14 bits per heavy atom. The minimum Gasteiger partial charge on any atom is -0.481 e. The summed E-state index contributed by atoms with van der Waals surface area (Å²) in [6.45, 7) is 0. The summed E-state index contributed by atoms with van der Waals surface area (Å²) in [5.74, 6) is -1.45. The van der Waals surface area contributed by atoms with Crippen molar-refractivity contribution in [1.82, 2.24) is 20.1 Å². The van der Waals surface area contributed by atoms with E-state index in [-0.39, 0.29) is 17.9 Å². The van der Waals surface area contributed by atoms with Gasteiger partial charge in [0, 0.05) is 24.6 Å². The van der Waals surface area contributed by atoms with E-state index in [1.807, 2.05) is 0 Å². The van der Waals surface area contributed by atoms with Crippen LogP contribution in [-0.4, -0.2) is 37.8 Å². The Bertz CT molecular complexity index is 663. The molecule has 1 saturated carbocycles. The number of carboxylic acids is 1. The van der Waals surface area contributed by atoms with Crippen LogP contribution in [0.1, 0.15) is 23.3 Å². The molecule has 21 heavy (non-hydrogen) atoms. The third-order valence-corrected chi connectivity index (χ3v) is 3.57. The van der Waals surface area contributed by atoms with Gasteiger partial charge in [0.15, 0.2) is 0 Å². The van der Waals surface area contributed by atoms with Gasteiger partial charge in [-0.1, -0.05) is 0 Å². The Hall–Kier alpha value is -2.70. The first-order chi connectivity index (χ1) is 10.1. The first-order valence-electron chi connectivity index (χ1n) is 6.63. The molecule has 0 saturated heterocycles. The number of carbonyl (C=O) groups is 2. The molecule has 0 atom stereocenters. The maximum atomic E-state index is 12.1. The summed E-state index contributed by atoms with van der Waals surface area (Å²) in [4.78, 5) is 26.9. The maximum absolute atomic E-state index is 12.1. The predicted molar refractivity (Wildman–Crippen MR) is 73.0 cm³/mol. The lowest BCUT2D eigenvalue weighted by Crippen LogP contribution is -2.46. The zero-order chi connectivity index (χ0) is 14.8. The van der Waals surface area contributed by atoms with Crippen LogP contribution in [-0.2, 0) is 4.79 Å². The van der Waals surface area contributed by atoms with Gasteiger partial charge < -0.3 is 10.4 Å². The molecule has 2 N–H and O–H groups in total. The van der Waals surface area contributed by atoms with Gasteiger partial charge in [0.2, 0.25) is 0 Å². The third kappa shape index (κ3) is 2.76. The van der Waals surface area contributed by atoms with Crippen LogP contribution in [0.4, 0.5) is 0 Å². The van der Waals surface area contributed by atoms with E-state index in [0.717, 1.165) is 5.69 Å². The Balaban J connectivity index is 1.66. The highest BCUT2D eigenvalue weighted by molar-refractivity contribution is 5.93. The zero-order valence-corrected chi connectivity index (χ0v) is 11.1. The van der Waals surface area contributed by atoms with Gasteiger partial charge in [0.1, 0.15) is 5.69 Å². The van der Waals surface area contributed by atoms with Crippen LogP contribution in [0.15, 0.2) is 36.8 Å². The number of amides is 1. The third-order valence-electron chi connectivity index (χ3n) is 3.57. The molecule has 2 aromatic rings. The number of hydrogen-bond donors (Lipinski definition) is 2. The van der Waals surface area contributed by atoms with Gasteiger partial charge in [0.25, 0.3) is 5.91 Å². The standard InChI is InChI=1S/C14H14N4O3/c19-13(17-10-6-9(7-10)14(20)21)12-8-11(2-4-15-12)18-5-1-3-16-18/h1-5,8-10H,6-7H2,(H,17,19)(H,20,21). The molecule has 0 spiro atoms. The predicted octanol–water partition coefficient (Wildman–Crippen LogP) is 0.860. The van der Waals surface area contributed by atoms with Gasteiger partial charge in [-0.3, -0.25) is 14.6 Å². The van der Waals surface area contributed by atoms with Crippen LogP contribution in [0.3, 0.4) is 0 Å². The van der Waals surface area contributed by atoms with Crippen molar-refractivity contribution in [3.63, 3.8) is 0 Å². The molecule has 108 valence electrons. The van der Waals surface area contributed by atoms with E-state index in [4.69, 9.17) is 5.11 Å². The maximum Gasteiger partial charge on any atom is 0.306 e. The van der Waals surface area contributed by atoms with E-state index in [1.54, 1.807) is 41.5 Å². The average Bonchev–Trinajstić information content (AvgIpc) is 2.96. The monoisotopic (exact) mass is 286 g/mol. The first-order valence-corrected chi connectivity index (χ1v) is 6.63. The van der Waals surface area contributed by atoms with Crippen molar-refractivity contribution in [3.8, 4) is 5.69 Å². The highest BCUT2D eigenvalue weighted by atomic mass is 16.4. The van der Waals surface area contributed by atoms with Gasteiger partial charge >= 0.3 is 5.97 Å². The molecule has 1 aliphatic rings. The molecular formula is C14H14N4O3. The van der Waals surface area contributed by atoms with Crippen molar-refractivity contribution in [3.05, 3.63) is 42.5 Å². The number of rotatable bonds is 4. The van der Waals surface area contributed by atoms with E-state index < -0.39 is 5.97 Å². The highest BCUT2D eigenvalue weighted by Gasteiger charge is 2.35. The van der Waals surface area contributed by atoms with Gasteiger partial charge in [0.05, 0.1) is 11.6 Å². The molecule has 0 bridgehead atoms. The summed E-state index contributed by atoms with van der Waals surface area (Å²) >= 11 is 0. The fourth-order valence-corrected chi connectivity index (χ4v) is 2.30. The SMILES string of the molecule is O=C(NC1CC(C(=O)O)C1)c1cc(-n2cccn2)ccn1. The summed E-state index contributed by atoms with van der Waals surface area (Å²) in [6.07, 6.45) is 5.92. The number of hydrogen-bond acceptors (Lipinski definition) is 4. The van der Waals surface area contributed by atoms with Crippen LogP contribution in [0.25, 0.3) is 5.69 Å². The van der Waals surface area contributed by atoms with E-state index >= 15 is 0 Å². The zero-order valence-electron chi connectivity index (χ0n) is 11.1. The van der Waals surface area contributed by atoms with Crippen LogP contribution in [0.5, 0.6) is 0 Å². The van der Waals surface area contributed by atoms with E-state index in [0.29, 0.717) is 18.5 Å². The van der Waals surface area contributed by atoms with Gasteiger partial charge in [-0.2, -0.15) is 5.10 Å². The topological polar surface area (TPSA) is 97.1 Å². The number of aliphatic carboxylic acids is 1. The van der Waals surface area contributed by atoms with Gasteiger partial charge in [-0.25, -0.2) is 4.68 Å². The second kappa shape index (κ2) is 5.35. The quantitative estimate of drug-likeness (QED) is 0.868. The van der Waals surface area contributed by atoms with E-state index in [1.165, 1.54) is 0 Å². The lowest BCUT2D eigenvalue weighted by atomic mass is 9.80. The largest absolute Gasteiger partial charge is 0.481 e. The molecule has 0 radical (unpaired) electrons. The van der Waals surface area contributed by atoms with Crippen molar-refractivity contribution < 1.29 is 14.7 Å². The fourth-order valence-electron chi connectivity index (χ4n) is 2.30. The van der Waals surface area contributed by atoms with E-state index in [9.17, 15) is 9.59 Å². The average molecular weight is 286 g/mol. The summed E-state index contributed by atoms with van der Waals surface area (Å²) < 4.78 is 1.64. The number of aromatic nitrogens is 3. The number of nitrogens with zero attached hydrogens (tertiary/aromatic N) is 3. The van der Waals surface area contributed by atoms with Crippen LogP contribution >= 0.6 is 0 Å². The molecule has 2 heterocycles. The Kier molecular flexibility index (Phi) is 3.39. The highest BCUT2D eigenvalue weighted by Crippen LogP contribution is 2.27. The Morgan fingerprint density at radius 1 is 1.33 bits per heavy atom. The second-order valence-electron chi connectivity index (χ2n) is 5.03. The molecule has 0 aromatic carbocycles. The van der Waals surface area contributed by atoms with Gasteiger partial charge in [-0.05, 0) is 31.0 Å². The minimum absolute atomic E-state index is 0.0891. The molecule has 1 fully saturated rings. The lowest BCUT2D eigenvalue weighted by Gasteiger charge is -2.32. The van der Waals surface area contributed by atoms with Crippen molar-refractivity contribution in [2.75, 3.05) is 0 Å². The van der Waals surface area contributed by atoms with Crippen LogP contribution < -0.4 is 5.32 Å². The summed E-state index contributed by atoms with van der Waals surface area (Å²) in [7, 11) is 0. The molecule has 2 aromatic heterocycles. The summed E-state index contributed by atoms with van der Waals surface area (Å²) in [6, 6.07) is 5.11. The Morgan fingerprint density at radius 3 is 2.81 bits per heavy atom. The fraction of sp³-hybridized carbons (Fsp3) is 0.286. The number of carboxylic acid groups (broad SMARTS) is 1. The first kappa shape index (κ1) is 13.3. The molecule has 3 rings (SSSR count). The van der Waals surface area contributed by atoms with Gasteiger partial charge in [-0.15, -0.1) is 0 Å². The minimum atomic E-state index is -0.806. The molecule has 1 amide bonds. The lowest BCUT2D eigenvalue weighted by molar-refractivity contribution is -0.145. The van der Waals surface area contributed by atoms with Crippen molar-refractivity contribution >= 4 is 11.9 Å². The molecule has 7 heteroatoms. The molecule has 0 aliphatic heterocycles. The van der Waals surface area contributed by atoms with Crippen molar-refractivity contribution in [2.45, 2.75) is 18.9 Å². The number of pyridine rings is 1. The Labute approximate surface area is 120 Å².